The summed E-state index contributed by atoms with van der Waals surface area (Å²) in [6.45, 7) is 6.59. The lowest BCUT2D eigenvalue weighted by atomic mass is 9.95. The highest BCUT2D eigenvalue weighted by Gasteiger charge is 2.66. The monoisotopic (exact) mass is 273 g/mol. The summed E-state index contributed by atoms with van der Waals surface area (Å²) in [5, 5.41) is 8.33. The Kier molecular flexibility index (Phi) is 3.13. The van der Waals surface area contributed by atoms with Gasteiger partial charge in [-0.25, -0.2) is 0 Å². The molecule has 1 aromatic heterocycles. The van der Waals surface area contributed by atoms with Crippen LogP contribution in [0.15, 0.2) is 12.3 Å². The van der Waals surface area contributed by atoms with E-state index in [-0.39, 0.29) is 0 Å². The van der Waals surface area contributed by atoms with Gasteiger partial charge in [0.15, 0.2) is 0 Å². The van der Waals surface area contributed by atoms with Gasteiger partial charge in [-0.2, -0.15) is 5.10 Å². The van der Waals surface area contributed by atoms with Gasteiger partial charge in [0, 0.05) is 12.7 Å². The zero-order valence-corrected chi connectivity index (χ0v) is 12.8. The van der Waals surface area contributed by atoms with E-state index in [4.69, 9.17) is 0 Å². The molecule has 3 aliphatic carbocycles. The molecule has 0 aromatic carbocycles. The van der Waals surface area contributed by atoms with Gasteiger partial charge >= 0.3 is 0 Å². The van der Waals surface area contributed by atoms with Crippen molar-refractivity contribution >= 4 is 0 Å². The molecule has 3 nitrogen and oxygen atoms in total. The van der Waals surface area contributed by atoms with Crippen LogP contribution in [0.4, 0.5) is 0 Å². The average molecular weight is 273 g/mol. The van der Waals surface area contributed by atoms with Crippen LogP contribution in [-0.4, -0.2) is 16.3 Å². The summed E-state index contributed by atoms with van der Waals surface area (Å²) in [6.07, 6.45) is 7.71. The van der Waals surface area contributed by atoms with E-state index in [0.29, 0.717) is 6.04 Å². The van der Waals surface area contributed by atoms with Crippen molar-refractivity contribution in [1.82, 2.24) is 15.1 Å². The molecule has 2 bridgehead atoms. The predicted molar refractivity (Wildman–Crippen MR) is 80.2 cm³/mol. The molecule has 1 heterocycles. The fourth-order valence-electron chi connectivity index (χ4n) is 5.50. The summed E-state index contributed by atoms with van der Waals surface area (Å²) in [5.74, 6) is 5.07. The second-order valence-electron chi connectivity index (χ2n) is 7.08. The first kappa shape index (κ1) is 12.9. The third-order valence-corrected chi connectivity index (χ3v) is 6.11. The van der Waals surface area contributed by atoms with Crippen molar-refractivity contribution in [2.45, 2.75) is 52.1 Å². The van der Waals surface area contributed by atoms with E-state index in [1.54, 1.807) is 6.42 Å². The maximum atomic E-state index is 4.54. The highest BCUT2D eigenvalue weighted by molar-refractivity contribution is 5.21. The molecular formula is C17H27N3. The fraction of sp³-hybridized carbons (Fsp3) is 0.824. The lowest BCUT2D eigenvalue weighted by Crippen LogP contribution is -2.28. The van der Waals surface area contributed by atoms with Crippen LogP contribution >= 0.6 is 0 Å². The second kappa shape index (κ2) is 4.87. The van der Waals surface area contributed by atoms with Gasteiger partial charge in [-0.05, 0) is 67.9 Å². The van der Waals surface area contributed by atoms with Crippen molar-refractivity contribution in [3.63, 3.8) is 0 Å². The number of hydrogen-bond donors (Lipinski definition) is 1. The number of aromatic nitrogens is 2. The summed E-state index contributed by atoms with van der Waals surface area (Å²) in [5.41, 5.74) is 1.44. The number of hydrogen-bond acceptors (Lipinski definition) is 2. The molecule has 3 aliphatic rings. The Bertz CT molecular complexity index is 464. The zero-order chi connectivity index (χ0) is 13.7. The summed E-state index contributed by atoms with van der Waals surface area (Å²) in [4.78, 5) is 0. The first-order chi connectivity index (χ1) is 9.85. The van der Waals surface area contributed by atoms with Crippen LogP contribution in [0.1, 0.15) is 51.3 Å². The molecule has 110 valence electrons. The molecule has 4 rings (SSSR count). The zero-order valence-electron chi connectivity index (χ0n) is 12.8. The Morgan fingerprint density at radius 1 is 1.30 bits per heavy atom. The van der Waals surface area contributed by atoms with Gasteiger partial charge in [0.25, 0.3) is 0 Å². The summed E-state index contributed by atoms with van der Waals surface area (Å²) >= 11 is 0. The maximum Gasteiger partial charge on any atom is 0.0556 e. The molecule has 1 N–H and O–H groups in total. The van der Waals surface area contributed by atoms with Crippen molar-refractivity contribution in [3.05, 3.63) is 18.0 Å². The topological polar surface area (TPSA) is 29.9 Å². The Labute approximate surface area is 122 Å². The molecule has 1 aromatic rings. The smallest absolute Gasteiger partial charge is 0.0556 e. The Balaban J connectivity index is 1.58. The van der Waals surface area contributed by atoms with E-state index >= 15 is 0 Å². The van der Waals surface area contributed by atoms with Crippen molar-refractivity contribution < 1.29 is 0 Å². The summed E-state index contributed by atoms with van der Waals surface area (Å²) in [7, 11) is 0. The van der Waals surface area contributed by atoms with Crippen molar-refractivity contribution in [2.24, 2.45) is 29.6 Å². The second-order valence-corrected chi connectivity index (χ2v) is 7.08. The number of nitrogens with zero attached hydrogens (tertiary/aromatic N) is 2. The third kappa shape index (κ3) is 1.78. The van der Waals surface area contributed by atoms with Gasteiger partial charge in [-0.15, -0.1) is 0 Å². The molecule has 3 saturated carbocycles. The van der Waals surface area contributed by atoms with E-state index in [2.05, 4.69) is 35.0 Å². The van der Waals surface area contributed by atoms with Gasteiger partial charge in [0.05, 0.1) is 11.7 Å². The van der Waals surface area contributed by atoms with Crippen LogP contribution in [-0.2, 0) is 6.54 Å². The van der Waals surface area contributed by atoms with Gasteiger partial charge in [-0.1, -0.05) is 13.8 Å². The maximum absolute atomic E-state index is 4.54. The number of nitrogens with one attached hydrogen (secondary N) is 1. The minimum Gasteiger partial charge on any atom is -0.309 e. The lowest BCUT2D eigenvalue weighted by molar-refractivity contribution is 0.356. The molecule has 3 fully saturated rings. The largest absolute Gasteiger partial charge is 0.309 e. The van der Waals surface area contributed by atoms with Crippen LogP contribution in [0.2, 0.25) is 0 Å². The van der Waals surface area contributed by atoms with Gasteiger partial charge in [0.2, 0.25) is 0 Å². The Hall–Kier alpha value is -0.830. The molecule has 0 radical (unpaired) electrons. The van der Waals surface area contributed by atoms with E-state index in [1.165, 1.54) is 18.5 Å². The van der Waals surface area contributed by atoms with Crippen LogP contribution in [0.5, 0.6) is 0 Å². The standard InChI is InChI=1S/C17H27N3/c1-3-9-20-13(7-8-19-20)17(18-4-2)16-14-11-5-6-12(10-11)15(14)16/h7-8,11-12,14-18H,3-6,9-10H2,1-2H3. The lowest BCUT2D eigenvalue weighted by Gasteiger charge is -2.22. The van der Waals surface area contributed by atoms with Gasteiger partial charge < -0.3 is 5.32 Å². The van der Waals surface area contributed by atoms with Crippen LogP contribution in [0.25, 0.3) is 0 Å². The quantitative estimate of drug-likeness (QED) is 0.862. The molecular weight excluding hydrogens is 246 g/mol. The normalized spacial score (nSPS) is 39.0. The minimum absolute atomic E-state index is 0.549. The highest BCUT2D eigenvalue weighted by atomic mass is 15.3. The summed E-state index contributed by atoms with van der Waals surface area (Å²) in [6, 6.07) is 2.80. The van der Waals surface area contributed by atoms with Crippen LogP contribution in [0, 0.1) is 29.6 Å². The number of rotatable bonds is 6. The number of aryl methyl sites for hydroxylation is 1. The number of fused-ring (bicyclic) bond motifs is 5. The molecule has 5 atom stereocenters. The van der Waals surface area contributed by atoms with E-state index < -0.39 is 0 Å². The first-order valence-electron chi connectivity index (χ1n) is 8.60. The fourth-order valence-corrected chi connectivity index (χ4v) is 5.50. The third-order valence-electron chi connectivity index (χ3n) is 6.11. The van der Waals surface area contributed by atoms with E-state index in [9.17, 15) is 0 Å². The Morgan fingerprint density at radius 2 is 2.05 bits per heavy atom. The molecule has 0 aliphatic heterocycles. The van der Waals surface area contributed by atoms with Gasteiger partial charge in [-0.3, -0.25) is 4.68 Å². The van der Waals surface area contributed by atoms with Gasteiger partial charge in [0.1, 0.15) is 0 Å². The first-order valence-corrected chi connectivity index (χ1v) is 8.60. The van der Waals surface area contributed by atoms with E-state index in [0.717, 1.165) is 49.1 Å². The van der Waals surface area contributed by atoms with Crippen LogP contribution in [0.3, 0.4) is 0 Å². The van der Waals surface area contributed by atoms with Crippen LogP contribution < -0.4 is 5.32 Å². The molecule has 0 saturated heterocycles. The van der Waals surface area contributed by atoms with Crippen molar-refractivity contribution in [2.75, 3.05) is 6.54 Å². The van der Waals surface area contributed by atoms with Crippen molar-refractivity contribution in [3.8, 4) is 0 Å². The Morgan fingerprint density at radius 3 is 2.70 bits per heavy atom. The molecule has 0 spiro atoms. The molecule has 3 heteroatoms. The van der Waals surface area contributed by atoms with E-state index in [1.807, 2.05) is 6.20 Å². The molecule has 0 amide bonds. The summed E-state index contributed by atoms with van der Waals surface area (Å²) < 4.78 is 2.24. The molecule has 20 heavy (non-hydrogen) atoms. The van der Waals surface area contributed by atoms with Crippen molar-refractivity contribution in [1.29, 1.82) is 0 Å². The minimum atomic E-state index is 0.549. The highest BCUT2D eigenvalue weighted by Crippen LogP contribution is 2.72. The average Bonchev–Trinajstić information content (AvgIpc) is 2.84. The predicted octanol–water partition coefficient (Wildman–Crippen LogP) is 3.24. The molecule has 5 unspecified atom stereocenters. The SMILES string of the molecule is CCCn1nccc1C(NCC)C1C2C3CCC(C3)C21.